The molecule has 0 amide bonds. The fraction of sp³-hybridized carbons (Fsp3) is 0.308. The number of nitrogens with zero attached hydrogens (tertiary/aromatic N) is 2. The van der Waals surface area contributed by atoms with E-state index in [1.807, 2.05) is 0 Å². The highest BCUT2D eigenvalue weighted by Crippen LogP contribution is 2.24. The van der Waals surface area contributed by atoms with Crippen LogP contribution < -0.4 is 0 Å². The lowest BCUT2D eigenvalue weighted by molar-refractivity contribution is -0.117. The van der Waals surface area contributed by atoms with E-state index in [1.54, 1.807) is 18.2 Å². The number of ketones is 1. The monoisotopic (exact) mass is 280 g/mol. The van der Waals surface area contributed by atoms with Crippen LogP contribution in [0.3, 0.4) is 0 Å². The lowest BCUT2D eigenvalue weighted by Crippen LogP contribution is -1.94. The Balaban J connectivity index is 1.90. The molecule has 1 heterocycles. The molecule has 0 saturated heterocycles. The molecule has 0 aliphatic rings. The van der Waals surface area contributed by atoms with Crippen molar-refractivity contribution >= 4 is 17.5 Å². The SMILES string of the molecule is CC(=O)CCc1nc(CSc2ccccc2F)no1. The van der Waals surface area contributed by atoms with Crippen LogP contribution in [0, 0.1) is 5.82 Å². The maximum absolute atomic E-state index is 13.4. The Labute approximate surface area is 114 Å². The summed E-state index contributed by atoms with van der Waals surface area (Å²) >= 11 is 1.31. The number of carbonyl (C=O) groups is 1. The lowest BCUT2D eigenvalue weighted by atomic mass is 10.2. The topological polar surface area (TPSA) is 56.0 Å². The van der Waals surface area contributed by atoms with Crippen molar-refractivity contribution in [3.05, 3.63) is 41.8 Å². The van der Waals surface area contributed by atoms with Gasteiger partial charge in [-0.3, -0.25) is 0 Å². The predicted molar refractivity (Wildman–Crippen MR) is 69.3 cm³/mol. The van der Waals surface area contributed by atoms with Crippen LogP contribution in [-0.4, -0.2) is 15.9 Å². The Morgan fingerprint density at radius 1 is 1.42 bits per heavy atom. The highest BCUT2D eigenvalue weighted by atomic mass is 32.2. The van der Waals surface area contributed by atoms with Crippen LogP contribution in [0.1, 0.15) is 25.1 Å². The molecule has 4 nitrogen and oxygen atoms in total. The third-order valence-corrected chi connectivity index (χ3v) is 3.44. The van der Waals surface area contributed by atoms with Gasteiger partial charge in [-0.15, -0.1) is 11.8 Å². The zero-order valence-corrected chi connectivity index (χ0v) is 11.2. The molecule has 19 heavy (non-hydrogen) atoms. The van der Waals surface area contributed by atoms with Gasteiger partial charge in [0.25, 0.3) is 0 Å². The summed E-state index contributed by atoms with van der Waals surface area (Å²) in [5.74, 6) is 1.21. The van der Waals surface area contributed by atoms with Crippen molar-refractivity contribution < 1.29 is 13.7 Å². The maximum Gasteiger partial charge on any atom is 0.227 e. The summed E-state index contributed by atoms with van der Waals surface area (Å²) in [4.78, 5) is 15.5. The van der Waals surface area contributed by atoms with E-state index in [4.69, 9.17) is 4.52 Å². The van der Waals surface area contributed by atoms with Crippen molar-refractivity contribution in [1.82, 2.24) is 10.1 Å². The van der Waals surface area contributed by atoms with Crippen LogP contribution in [0.4, 0.5) is 4.39 Å². The first kappa shape index (κ1) is 13.7. The van der Waals surface area contributed by atoms with Gasteiger partial charge in [-0.25, -0.2) is 4.39 Å². The summed E-state index contributed by atoms with van der Waals surface area (Å²) in [5, 5.41) is 3.80. The van der Waals surface area contributed by atoms with E-state index in [2.05, 4.69) is 10.1 Å². The van der Waals surface area contributed by atoms with E-state index >= 15 is 0 Å². The number of benzene rings is 1. The van der Waals surface area contributed by atoms with Crippen molar-refractivity contribution in [3.63, 3.8) is 0 Å². The number of aromatic nitrogens is 2. The summed E-state index contributed by atoms with van der Waals surface area (Å²) in [7, 11) is 0. The van der Waals surface area contributed by atoms with Crippen LogP contribution in [0.15, 0.2) is 33.7 Å². The summed E-state index contributed by atoms with van der Waals surface area (Å²) in [6.45, 7) is 1.52. The van der Waals surface area contributed by atoms with Gasteiger partial charge in [-0.1, -0.05) is 17.3 Å². The van der Waals surface area contributed by atoms with Gasteiger partial charge in [0.15, 0.2) is 5.82 Å². The van der Waals surface area contributed by atoms with Gasteiger partial charge < -0.3 is 9.32 Å². The number of rotatable bonds is 6. The standard InChI is InChI=1S/C13H13FN2O2S/c1-9(17)6-7-13-15-12(16-18-13)8-19-11-5-3-2-4-10(11)14/h2-5H,6-8H2,1H3. The summed E-state index contributed by atoms with van der Waals surface area (Å²) < 4.78 is 18.4. The van der Waals surface area contributed by atoms with Crippen molar-refractivity contribution in [2.24, 2.45) is 0 Å². The normalized spacial score (nSPS) is 10.6. The molecular weight excluding hydrogens is 267 g/mol. The zero-order chi connectivity index (χ0) is 13.7. The fourth-order valence-electron chi connectivity index (χ4n) is 1.44. The lowest BCUT2D eigenvalue weighted by Gasteiger charge is -1.99. The molecule has 1 aromatic heterocycles. The Bertz CT molecular complexity index is 571. The molecule has 2 aromatic rings. The van der Waals surface area contributed by atoms with Crippen LogP contribution >= 0.6 is 11.8 Å². The molecule has 0 N–H and O–H groups in total. The van der Waals surface area contributed by atoms with Crippen molar-refractivity contribution in [2.75, 3.05) is 0 Å². The van der Waals surface area contributed by atoms with Crippen LogP contribution in [0.5, 0.6) is 0 Å². The van der Waals surface area contributed by atoms with Gasteiger partial charge in [-0.2, -0.15) is 4.98 Å². The van der Waals surface area contributed by atoms with E-state index in [9.17, 15) is 9.18 Å². The minimum absolute atomic E-state index is 0.0838. The smallest absolute Gasteiger partial charge is 0.227 e. The molecule has 0 bridgehead atoms. The molecule has 0 atom stereocenters. The highest BCUT2D eigenvalue weighted by Gasteiger charge is 2.09. The summed E-state index contributed by atoms with van der Waals surface area (Å²) in [5.41, 5.74) is 0. The van der Waals surface area contributed by atoms with E-state index < -0.39 is 0 Å². The van der Waals surface area contributed by atoms with Crippen LogP contribution in [0.2, 0.25) is 0 Å². The quantitative estimate of drug-likeness (QED) is 0.761. The molecule has 0 spiro atoms. The number of carbonyl (C=O) groups excluding carboxylic acids is 1. The van der Waals surface area contributed by atoms with E-state index in [-0.39, 0.29) is 11.6 Å². The number of hydrogen-bond acceptors (Lipinski definition) is 5. The fourth-order valence-corrected chi connectivity index (χ4v) is 2.22. The number of Topliss-reactive ketones (excluding diaryl/α,β-unsaturated/α-hetero) is 1. The number of aryl methyl sites for hydroxylation is 1. The van der Waals surface area contributed by atoms with Gasteiger partial charge in [-0.05, 0) is 19.1 Å². The first-order chi connectivity index (χ1) is 9.15. The second kappa shape index (κ2) is 6.47. The Morgan fingerprint density at radius 3 is 2.95 bits per heavy atom. The molecule has 0 saturated carbocycles. The average Bonchev–Trinajstić information content (AvgIpc) is 2.83. The van der Waals surface area contributed by atoms with Crippen LogP contribution in [-0.2, 0) is 17.0 Å². The minimum Gasteiger partial charge on any atom is -0.339 e. The molecule has 0 radical (unpaired) electrons. The first-order valence-electron chi connectivity index (χ1n) is 5.83. The Kier molecular flexibility index (Phi) is 4.68. The van der Waals surface area contributed by atoms with Crippen molar-refractivity contribution in [1.29, 1.82) is 0 Å². The molecule has 0 unspecified atom stereocenters. The summed E-state index contributed by atoms with van der Waals surface area (Å²) in [6.07, 6.45) is 0.842. The second-order valence-corrected chi connectivity index (χ2v) is 5.04. The van der Waals surface area contributed by atoms with Gasteiger partial charge in [0, 0.05) is 17.7 Å². The van der Waals surface area contributed by atoms with E-state index in [1.165, 1.54) is 24.8 Å². The highest BCUT2D eigenvalue weighted by molar-refractivity contribution is 7.98. The van der Waals surface area contributed by atoms with Crippen molar-refractivity contribution in [2.45, 2.75) is 30.4 Å². The molecule has 1 aromatic carbocycles. The Hall–Kier alpha value is -1.69. The van der Waals surface area contributed by atoms with Crippen molar-refractivity contribution in [3.8, 4) is 0 Å². The van der Waals surface area contributed by atoms with Gasteiger partial charge in [0.2, 0.25) is 5.89 Å². The third kappa shape index (κ3) is 4.17. The Morgan fingerprint density at radius 2 is 2.21 bits per heavy atom. The third-order valence-electron chi connectivity index (χ3n) is 2.39. The predicted octanol–water partition coefficient (Wildman–Crippen LogP) is 3.02. The van der Waals surface area contributed by atoms with Gasteiger partial charge >= 0.3 is 0 Å². The molecule has 0 aliphatic carbocycles. The molecule has 2 rings (SSSR count). The zero-order valence-electron chi connectivity index (χ0n) is 10.4. The molecule has 0 fully saturated rings. The average molecular weight is 280 g/mol. The molecule has 6 heteroatoms. The maximum atomic E-state index is 13.4. The largest absolute Gasteiger partial charge is 0.339 e. The molecule has 100 valence electrons. The van der Waals surface area contributed by atoms with E-state index in [0.717, 1.165) is 0 Å². The molecule has 0 aliphatic heterocycles. The minimum atomic E-state index is -0.257. The number of thioether (sulfide) groups is 1. The number of halogens is 1. The summed E-state index contributed by atoms with van der Waals surface area (Å²) in [6, 6.07) is 6.54. The number of hydrogen-bond donors (Lipinski definition) is 0. The second-order valence-electron chi connectivity index (χ2n) is 4.03. The first-order valence-corrected chi connectivity index (χ1v) is 6.82. The van der Waals surface area contributed by atoms with E-state index in [0.29, 0.717) is 35.2 Å². The van der Waals surface area contributed by atoms with Gasteiger partial charge in [0.1, 0.15) is 11.6 Å². The van der Waals surface area contributed by atoms with Crippen LogP contribution in [0.25, 0.3) is 0 Å². The molecular formula is C13H13FN2O2S. The van der Waals surface area contributed by atoms with Gasteiger partial charge in [0.05, 0.1) is 5.75 Å².